The Morgan fingerprint density at radius 1 is 1.15 bits per heavy atom. The first-order valence-corrected chi connectivity index (χ1v) is 9.45. The molecule has 1 aromatic carbocycles. The molecule has 5 nitrogen and oxygen atoms in total. The Kier molecular flexibility index (Phi) is 4.70. The van der Waals surface area contributed by atoms with E-state index < -0.39 is 0 Å². The number of nitrogens with zero attached hydrogens (tertiary/aromatic N) is 4. The van der Waals surface area contributed by atoms with Crippen LogP contribution in [0.15, 0.2) is 42.7 Å². The van der Waals surface area contributed by atoms with Crippen molar-refractivity contribution in [1.29, 1.82) is 0 Å². The van der Waals surface area contributed by atoms with Crippen molar-refractivity contribution in [3.8, 4) is 11.1 Å². The topological polar surface area (TPSA) is 51.0 Å². The number of aryl methyl sites for hydroxylation is 3. The zero-order chi connectivity index (χ0) is 19.0. The standard InChI is InChI=1S/C21H21ClN4O/c1-14-8-9-23-13-18(14)20-15(2)24-26-11-3-10-25(21(20)26)19(27)12-16-4-6-17(22)7-5-16/h4-9,13H,3,10-12H2,1-2H3. The van der Waals surface area contributed by atoms with Crippen molar-refractivity contribution < 1.29 is 4.79 Å². The number of anilines is 1. The van der Waals surface area contributed by atoms with Crippen LogP contribution in [-0.2, 0) is 17.8 Å². The first kappa shape index (κ1) is 17.7. The van der Waals surface area contributed by atoms with E-state index in [1.54, 1.807) is 6.20 Å². The van der Waals surface area contributed by atoms with Crippen molar-refractivity contribution in [1.82, 2.24) is 14.8 Å². The molecule has 1 aliphatic rings. The van der Waals surface area contributed by atoms with Gasteiger partial charge in [0.1, 0.15) is 5.82 Å². The van der Waals surface area contributed by atoms with Gasteiger partial charge in [-0.25, -0.2) is 4.68 Å². The molecule has 1 aliphatic heterocycles. The van der Waals surface area contributed by atoms with Crippen molar-refractivity contribution in [3.63, 3.8) is 0 Å². The van der Waals surface area contributed by atoms with Gasteiger partial charge in [-0.1, -0.05) is 23.7 Å². The predicted octanol–water partition coefficient (Wildman–Crippen LogP) is 4.19. The van der Waals surface area contributed by atoms with Gasteiger partial charge in [-0.3, -0.25) is 14.7 Å². The highest BCUT2D eigenvalue weighted by molar-refractivity contribution is 6.30. The average Bonchev–Trinajstić information content (AvgIpc) is 2.99. The first-order chi connectivity index (χ1) is 13.0. The summed E-state index contributed by atoms with van der Waals surface area (Å²) in [5, 5.41) is 5.37. The van der Waals surface area contributed by atoms with Gasteiger partial charge in [-0.15, -0.1) is 0 Å². The van der Waals surface area contributed by atoms with Gasteiger partial charge < -0.3 is 0 Å². The Morgan fingerprint density at radius 3 is 2.67 bits per heavy atom. The highest BCUT2D eigenvalue weighted by Gasteiger charge is 2.29. The van der Waals surface area contributed by atoms with E-state index in [1.165, 1.54) is 0 Å². The number of aromatic nitrogens is 3. The minimum Gasteiger partial charge on any atom is -0.296 e. The van der Waals surface area contributed by atoms with E-state index in [0.717, 1.165) is 46.7 Å². The van der Waals surface area contributed by atoms with Crippen LogP contribution in [0.25, 0.3) is 11.1 Å². The quantitative estimate of drug-likeness (QED) is 0.684. The summed E-state index contributed by atoms with van der Waals surface area (Å²) in [6, 6.07) is 9.43. The maximum absolute atomic E-state index is 13.1. The van der Waals surface area contributed by atoms with Crippen LogP contribution in [0.1, 0.15) is 23.2 Å². The molecule has 0 fully saturated rings. The van der Waals surface area contributed by atoms with Crippen molar-refractivity contribution in [3.05, 3.63) is 64.6 Å². The van der Waals surface area contributed by atoms with Gasteiger partial charge in [0.05, 0.1) is 12.1 Å². The van der Waals surface area contributed by atoms with Gasteiger partial charge in [0, 0.05) is 41.6 Å². The lowest BCUT2D eigenvalue weighted by Crippen LogP contribution is -2.38. The molecule has 1 amide bonds. The summed E-state index contributed by atoms with van der Waals surface area (Å²) < 4.78 is 1.96. The molecule has 0 atom stereocenters. The number of hydrogen-bond acceptors (Lipinski definition) is 3. The number of amides is 1. The fraction of sp³-hybridized carbons (Fsp3) is 0.286. The Balaban J connectivity index is 1.73. The van der Waals surface area contributed by atoms with E-state index in [0.29, 0.717) is 18.0 Å². The van der Waals surface area contributed by atoms with Crippen molar-refractivity contribution in [2.75, 3.05) is 11.4 Å². The second kappa shape index (κ2) is 7.16. The van der Waals surface area contributed by atoms with Crippen LogP contribution in [0.5, 0.6) is 0 Å². The van der Waals surface area contributed by atoms with E-state index >= 15 is 0 Å². The number of carbonyl (C=O) groups is 1. The summed E-state index contributed by atoms with van der Waals surface area (Å²) in [4.78, 5) is 19.3. The lowest BCUT2D eigenvalue weighted by molar-refractivity contribution is -0.118. The van der Waals surface area contributed by atoms with Crippen molar-refractivity contribution in [2.45, 2.75) is 33.2 Å². The molecule has 0 bridgehead atoms. The van der Waals surface area contributed by atoms with Crippen LogP contribution < -0.4 is 4.90 Å². The molecular weight excluding hydrogens is 360 g/mol. The maximum Gasteiger partial charge on any atom is 0.232 e. The van der Waals surface area contributed by atoms with E-state index in [1.807, 2.05) is 53.0 Å². The van der Waals surface area contributed by atoms with Crippen LogP contribution in [0, 0.1) is 13.8 Å². The van der Waals surface area contributed by atoms with E-state index in [2.05, 4.69) is 11.9 Å². The Bertz CT molecular complexity index is 994. The smallest absolute Gasteiger partial charge is 0.232 e. The Labute approximate surface area is 163 Å². The highest BCUT2D eigenvalue weighted by Crippen LogP contribution is 2.37. The molecule has 0 saturated carbocycles. The minimum atomic E-state index is 0.0703. The van der Waals surface area contributed by atoms with Crippen molar-refractivity contribution in [2.24, 2.45) is 0 Å². The molecule has 0 aliphatic carbocycles. The van der Waals surface area contributed by atoms with Crippen LogP contribution in [0.4, 0.5) is 5.82 Å². The third-order valence-electron chi connectivity index (χ3n) is 4.99. The molecule has 3 aromatic rings. The summed E-state index contributed by atoms with van der Waals surface area (Å²) in [6.07, 6.45) is 4.88. The van der Waals surface area contributed by atoms with Gasteiger partial charge in [-0.05, 0) is 49.6 Å². The molecule has 0 radical (unpaired) electrons. The van der Waals surface area contributed by atoms with Crippen LogP contribution in [0.3, 0.4) is 0 Å². The average molecular weight is 381 g/mol. The number of fused-ring (bicyclic) bond motifs is 1. The summed E-state index contributed by atoms with van der Waals surface area (Å²) in [7, 11) is 0. The normalized spacial score (nSPS) is 13.5. The molecule has 0 saturated heterocycles. The molecule has 0 unspecified atom stereocenters. The van der Waals surface area contributed by atoms with Crippen LogP contribution >= 0.6 is 11.6 Å². The molecule has 2 aromatic heterocycles. The van der Waals surface area contributed by atoms with E-state index in [9.17, 15) is 4.79 Å². The second-order valence-electron chi connectivity index (χ2n) is 6.90. The zero-order valence-corrected chi connectivity index (χ0v) is 16.2. The molecule has 0 N–H and O–H groups in total. The molecule has 0 spiro atoms. The summed E-state index contributed by atoms with van der Waals surface area (Å²) in [6.45, 7) is 5.57. The molecule has 6 heteroatoms. The third kappa shape index (κ3) is 3.35. The number of halogens is 1. The molecule has 4 rings (SSSR count). The second-order valence-corrected chi connectivity index (χ2v) is 7.34. The number of pyridine rings is 1. The predicted molar refractivity (Wildman–Crippen MR) is 107 cm³/mol. The third-order valence-corrected chi connectivity index (χ3v) is 5.24. The lowest BCUT2D eigenvalue weighted by atomic mass is 10.0. The van der Waals surface area contributed by atoms with Gasteiger partial charge in [0.15, 0.2) is 0 Å². The van der Waals surface area contributed by atoms with E-state index in [4.69, 9.17) is 16.7 Å². The number of rotatable bonds is 3. The number of carbonyl (C=O) groups excluding carboxylic acids is 1. The highest BCUT2D eigenvalue weighted by atomic mass is 35.5. The number of benzene rings is 1. The van der Waals surface area contributed by atoms with Crippen LogP contribution in [-0.4, -0.2) is 27.2 Å². The Morgan fingerprint density at radius 2 is 1.93 bits per heavy atom. The van der Waals surface area contributed by atoms with Crippen molar-refractivity contribution >= 4 is 23.3 Å². The summed E-state index contributed by atoms with van der Waals surface area (Å²) in [5.74, 6) is 0.953. The van der Waals surface area contributed by atoms with Gasteiger partial charge in [0.25, 0.3) is 0 Å². The Hall–Kier alpha value is -2.66. The SMILES string of the molecule is Cc1ccncc1-c1c(C)nn2c1N(C(=O)Cc1ccc(Cl)cc1)CCC2. The van der Waals surface area contributed by atoms with E-state index in [-0.39, 0.29) is 5.91 Å². The largest absolute Gasteiger partial charge is 0.296 e. The zero-order valence-electron chi connectivity index (χ0n) is 15.4. The fourth-order valence-corrected chi connectivity index (χ4v) is 3.77. The molecule has 27 heavy (non-hydrogen) atoms. The molecular formula is C21H21ClN4O. The lowest BCUT2D eigenvalue weighted by Gasteiger charge is -2.29. The fourth-order valence-electron chi connectivity index (χ4n) is 3.64. The maximum atomic E-state index is 13.1. The summed E-state index contributed by atoms with van der Waals surface area (Å²) in [5.41, 5.74) is 5.04. The van der Waals surface area contributed by atoms with Gasteiger partial charge in [-0.2, -0.15) is 5.10 Å². The van der Waals surface area contributed by atoms with Gasteiger partial charge >= 0.3 is 0 Å². The summed E-state index contributed by atoms with van der Waals surface area (Å²) >= 11 is 5.96. The first-order valence-electron chi connectivity index (χ1n) is 9.08. The van der Waals surface area contributed by atoms with Crippen LogP contribution in [0.2, 0.25) is 5.02 Å². The number of hydrogen-bond donors (Lipinski definition) is 0. The van der Waals surface area contributed by atoms with Gasteiger partial charge in [0.2, 0.25) is 5.91 Å². The minimum absolute atomic E-state index is 0.0703. The monoisotopic (exact) mass is 380 g/mol. The molecule has 138 valence electrons. The molecule has 3 heterocycles.